The molecule has 0 bridgehead atoms. The van der Waals surface area contributed by atoms with Gasteiger partial charge in [-0.2, -0.15) is 0 Å². The molecule has 2 aliphatic rings. The number of hydrogen-bond donors (Lipinski definition) is 1. The number of rotatable bonds is 7. The average Bonchev–Trinajstić information content (AvgIpc) is 2.80. The van der Waals surface area contributed by atoms with Crippen LogP contribution in [0.1, 0.15) is 31.4 Å². The second kappa shape index (κ2) is 10.3. The molecule has 2 saturated heterocycles. The number of pyridine rings is 1. The quantitative estimate of drug-likeness (QED) is 0.718. The predicted octanol–water partition coefficient (Wildman–Crippen LogP) is 3.57. The van der Waals surface area contributed by atoms with E-state index in [1.807, 2.05) is 6.07 Å². The van der Waals surface area contributed by atoms with Crippen molar-refractivity contribution in [1.82, 2.24) is 15.0 Å². The van der Waals surface area contributed by atoms with Gasteiger partial charge < -0.3 is 14.8 Å². The fraction of sp³-hybridized carbons (Fsp3) is 0.545. The lowest BCUT2D eigenvalue weighted by Crippen LogP contribution is -2.26. The average molecular weight is 431 g/mol. The summed E-state index contributed by atoms with van der Waals surface area (Å²) in [5.74, 6) is 1.41. The molecule has 1 N–H and O–H groups in total. The SMILES string of the molecule is O=C(Cc1cc(-c2cncc(NCC3CCOCC3)n2)c(Cl)cn1)C1CCCOC1. The highest BCUT2D eigenvalue weighted by Crippen LogP contribution is 2.28. The van der Waals surface area contributed by atoms with Crippen LogP contribution < -0.4 is 5.32 Å². The molecular formula is C22H27ClN4O3. The summed E-state index contributed by atoms with van der Waals surface area (Å²) in [6.45, 7) is 3.73. The van der Waals surface area contributed by atoms with E-state index in [4.69, 9.17) is 21.1 Å². The van der Waals surface area contributed by atoms with Crippen molar-refractivity contribution in [1.29, 1.82) is 0 Å². The van der Waals surface area contributed by atoms with Crippen molar-refractivity contribution < 1.29 is 14.3 Å². The van der Waals surface area contributed by atoms with Gasteiger partial charge in [0.05, 0.1) is 29.7 Å². The number of carbonyl (C=O) groups excluding carboxylic acids is 1. The Hall–Kier alpha value is -2.09. The minimum atomic E-state index is -0.0443. The molecule has 0 saturated carbocycles. The Morgan fingerprint density at radius 3 is 2.80 bits per heavy atom. The van der Waals surface area contributed by atoms with Crippen molar-refractivity contribution in [3.05, 3.63) is 35.4 Å². The third-order valence-corrected chi connectivity index (χ3v) is 6.01. The summed E-state index contributed by atoms with van der Waals surface area (Å²) >= 11 is 6.40. The number of nitrogens with zero attached hydrogens (tertiary/aromatic N) is 3. The van der Waals surface area contributed by atoms with Crippen molar-refractivity contribution in [2.24, 2.45) is 11.8 Å². The van der Waals surface area contributed by atoms with Gasteiger partial charge in [0, 0.05) is 56.2 Å². The Kier molecular flexibility index (Phi) is 7.25. The molecule has 30 heavy (non-hydrogen) atoms. The second-order valence-electron chi connectivity index (χ2n) is 7.94. The first kappa shape index (κ1) is 21.2. The number of anilines is 1. The molecule has 1 unspecified atom stereocenters. The van der Waals surface area contributed by atoms with Gasteiger partial charge in [0.2, 0.25) is 0 Å². The molecule has 0 amide bonds. The van der Waals surface area contributed by atoms with Gasteiger partial charge in [-0.15, -0.1) is 0 Å². The van der Waals surface area contributed by atoms with E-state index in [1.54, 1.807) is 18.6 Å². The molecule has 4 rings (SSSR count). The van der Waals surface area contributed by atoms with Crippen molar-refractivity contribution in [2.45, 2.75) is 32.1 Å². The molecule has 2 aromatic rings. The molecule has 0 aliphatic carbocycles. The van der Waals surface area contributed by atoms with Gasteiger partial charge in [-0.05, 0) is 37.7 Å². The highest BCUT2D eigenvalue weighted by atomic mass is 35.5. The van der Waals surface area contributed by atoms with Gasteiger partial charge >= 0.3 is 0 Å². The minimum absolute atomic E-state index is 0.0443. The first-order chi connectivity index (χ1) is 14.7. The van der Waals surface area contributed by atoms with Gasteiger partial charge in [0.1, 0.15) is 11.6 Å². The second-order valence-corrected chi connectivity index (χ2v) is 8.35. The van der Waals surface area contributed by atoms with Crippen LogP contribution in [0.5, 0.6) is 0 Å². The van der Waals surface area contributed by atoms with Crippen LogP contribution in [0.4, 0.5) is 5.82 Å². The third-order valence-electron chi connectivity index (χ3n) is 5.71. The number of Topliss-reactive ketones (excluding diaryl/α,β-unsaturated/α-hetero) is 1. The van der Waals surface area contributed by atoms with E-state index < -0.39 is 0 Å². The standard InChI is InChI=1S/C22H27ClN4O3/c23-19-11-25-17(9-21(28)16-2-1-5-30-14-16)8-18(19)20-12-24-13-22(27-20)26-10-15-3-6-29-7-4-15/h8,11-13,15-16H,1-7,9-10,14H2,(H,26,27). The normalized spacial score (nSPS) is 20.1. The highest BCUT2D eigenvalue weighted by molar-refractivity contribution is 6.33. The van der Waals surface area contributed by atoms with Crippen LogP contribution in [0.3, 0.4) is 0 Å². The zero-order valence-electron chi connectivity index (χ0n) is 17.0. The largest absolute Gasteiger partial charge is 0.381 e. The number of aromatic nitrogens is 3. The van der Waals surface area contributed by atoms with Gasteiger partial charge in [0.15, 0.2) is 0 Å². The van der Waals surface area contributed by atoms with E-state index in [2.05, 4.69) is 20.3 Å². The molecule has 2 aliphatic heterocycles. The molecule has 2 aromatic heterocycles. The Bertz CT molecular complexity index is 867. The van der Waals surface area contributed by atoms with Crippen LogP contribution in [-0.4, -0.2) is 53.7 Å². The number of halogens is 1. The Balaban J connectivity index is 1.45. The molecular weight excluding hydrogens is 404 g/mol. The Morgan fingerprint density at radius 2 is 2.00 bits per heavy atom. The smallest absolute Gasteiger partial charge is 0.145 e. The molecule has 8 heteroatoms. The maximum Gasteiger partial charge on any atom is 0.145 e. The summed E-state index contributed by atoms with van der Waals surface area (Å²) in [6, 6.07) is 1.84. The van der Waals surface area contributed by atoms with Gasteiger partial charge in [0.25, 0.3) is 0 Å². The molecule has 4 heterocycles. The van der Waals surface area contributed by atoms with Gasteiger partial charge in [-0.1, -0.05) is 11.6 Å². The first-order valence-corrected chi connectivity index (χ1v) is 11.0. The number of hydrogen-bond acceptors (Lipinski definition) is 7. The summed E-state index contributed by atoms with van der Waals surface area (Å²) < 4.78 is 10.9. The van der Waals surface area contributed by atoms with E-state index in [-0.39, 0.29) is 18.1 Å². The summed E-state index contributed by atoms with van der Waals surface area (Å²) in [5, 5.41) is 3.87. The van der Waals surface area contributed by atoms with E-state index in [9.17, 15) is 4.79 Å². The molecule has 0 radical (unpaired) electrons. The van der Waals surface area contributed by atoms with Gasteiger partial charge in [-0.3, -0.25) is 14.8 Å². The first-order valence-electron chi connectivity index (χ1n) is 10.6. The third kappa shape index (κ3) is 5.53. The molecule has 1 atom stereocenters. The lowest BCUT2D eigenvalue weighted by Gasteiger charge is -2.22. The molecule has 0 spiro atoms. The van der Waals surface area contributed by atoms with Crippen molar-refractivity contribution in [3.63, 3.8) is 0 Å². The summed E-state index contributed by atoms with van der Waals surface area (Å²) in [5.41, 5.74) is 2.08. The predicted molar refractivity (Wildman–Crippen MR) is 115 cm³/mol. The Morgan fingerprint density at radius 1 is 1.13 bits per heavy atom. The minimum Gasteiger partial charge on any atom is -0.381 e. The van der Waals surface area contributed by atoms with Crippen LogP contribution >= 0.6 is 11.6 Å². The van der Waals surface area contributed by atoms with Crippen molar-refractivity contribution in [3.8, 4) is 11.3 Å². The van der Waals surface area contributed by atoms with E-state index >= 15 is 0 Å². The molecule has 2 fully saturated rings. The number of carbonyl (C=O) groups is 1. The number of ether oxygens (including phenoxy) is 2. The molecule has 160 valence electrons. The van der Waals surface area contributed by atoms with Crippen molar-refractivity contribution in [2.75, 3.05) is 38.3 Å². The van der Waals surface area contributed by atoms with Crippen molar-refractivity contribution >= 4 is 23.2 Å². The maximum atomic E-state index is 12.6. The highest BCUT2D eigenvalue weighted by Gasteiger charge is 2.22. The fourth-order valence-corrected chi connectivity index (χ4v) is 4.07. The zero-order chi connectivity index (χ0) is 20.8. The van der Waals surface area contributed by atoms with Gasteiger partial charge in [-0.25, -0.2) is 4.98 Å². The van der Waals surface area contributed by atoms with Crippen LogP contribution in [-0.2, 0) is 20.7 Å². The topological polar surface area (TPSA) is 86.2 Å². The van der Waals surface area contributed by atoms with E-state index in [0.29, 0.717) is 34.8 Å². The van der Waals surface area contributed by atoms with Crippen LogP contribution in [0, 0.1) is 11.8 Å². The Labute approximate surface area is 181 Å². The maximum absolute atomic E-state index is 12.6. The fourth-order valence-electron chi connectivity index (χ4n) is 3.87. The van der Waals surface area contributed by atoms with Crippen LogP contribution in [0.2, 0.25) is 5.02 Å². The lowest BCUT2D eigenvalue weighted by atomic mass is 9.94. The molecule has 7 nitrogen and oxygen atoms in total. The van der Waals surface area contributed by atoms with Crippen LogP contribution in [0.15, 0.2) is 24.7 Å². The summed E-state index contributed by atoms with van der Waals surface area (Å²) in [4.78, 5) is 25.9. The molecule has 0 aromatic carbocycles. The summed E-state index contributed by atoms with van der Waals surface area (Å²) in [6.07, 6.45) is 9.17. The van der Waals surface area contributed by atoms with E-state index in [0.717, 1.165) is 57.6 Å². The number of nitrogens with one attached hydrogen (secondary N) is 1. The number of ketones is 1. The zero-order valence-corrected chi connectivity index (χ0v) is 17.7. The monoisotopic (exact) mass is 430 g/mol. The van der Waals surface area contributed by atoms with Crippen LogP contribution in [0.25, 0.3) is 11.3 Å². The lowest BCUT2D eigenvalue weighted by molar-refractivity contribution is -0.126. The van der Waals surface area contributed by atoms with E-state index in [1.165, 1.54) is 0 Å². The summed E-state index contributed by atoms with van der Waals surface area (Å²) in [7, 11) is 0.